The summed E-state index contributed by atoms with van der Waals surface area (Å²) in [5.41, 5.74) is 10.5. The summed E-state index contributed by atoms with van der Waals surface area (Å²) in [5.74, 6) is 0.992. The highest BCUT2D eigenvalue weighted by atomic mass is 16.3. The topological polar surface area (TPSA) is 50.9 Å². The molecule has 0 radical (unpaired) electrons. The molecule has 0 amide bonds. The van der Waals surface area contributed by atoms with Gasteiger partial charge in [0.05, 0.1) is 28.0 Å². The summed E-state index contributed by atoms with van der Waals surface area (Å²) in [7, 11) is 0. The third-order valence-corrected chi connectivity index (χ3v) is 9.79. The van der Waals surface area contributed by atoms with Gasteiger partial charge in [-0.25, -0.2) is 4.98 Å². The van der Waals surface area contributed by atoms with Gasteiger partial charge in [-0.15, -0.1) is 0 Å². The van der Waals surface area contributed by atoms with Crippen molar-refractivity contribution in [1.82, 2.24) is 14.5 Å². The van der Waals surface area contributed by atoms with Gasteiger partial charge < -0.3 is 5.11 Å². The summed E-state index contributed by atoms with van der Waals surface area (Å²) in [4.78, 5) is 10.2. The molecule has 0 aliphatic carbocycles. The molecule has 0 fully saturated rings. The van der Waals surface area contributed by atoms with Gasteiger partial charge in [0.1, 0.15) is 11.6 Å². The van der Waals surface area contributed by atoms with Crippen LogP contribution in [0.4, 0.5) is 0 Å². The van der Waals surface area contributed by atoms with Crippen LogP contribution in [-0.2, 0) is 16.2 Å². The second-order valence-electron chi connectivity index (χ2n) is 16.6. The van der Waals surface area contributed by atoms with E-state index >= 15 is 0 Å². The standard InChI is InChI=1S/C46H47N3O/c1-44(2,3)32-25-30(24-31(26-32)38-20-12-13-23-47-38)35-19-15-22-40-41(35)48-43(49(40)39-21-14-17-29-16-10-11-18-34(29)39)36-27-33(45(4,5)6)28-37(42(36)50)46(7,8)9/h10-28,50H,1-9H3. The van der Waals surface area contributed by atoms with E-state index in [1.54, 1.807) is 0 Å². The summed E-state index contributed by atoms with van der Waals surface area (Å²) in [5, 5.41) is 14.5. The molecule has 0 saturated carbocycles. The number of phenolic OH excluding ortho intramolecular Hbond substituents is 1. The number of hydrogen-bond donors (Lipinski definition) is 1. The summed E-state index contributed by atoms with van der Waals surface area (Å²) in [6.07, 6.45) is 1.85. The molecule has 7 aromatic rings. The lowest BCUT2D eigenvalue weighted by molar-refractivity contribution is 0.446. The number of aromatic hydroxyl groups is 1. The molecule has 0 aliphatic rings. The maximum absolute atomic E-state index is 12.2. The van der Waals surface area contributed by atoms with Crippen molar-refractivity contribution >= 4 is 21.8 Å². The first-order valence-electron chi connectivity index (χ1n) is 17.6. The lowest BCUT2D eigenvalue weighted by Crippen LogP contribution is -2.17. The Kier molecular flexibility index (Phi) is 7.98. The van der Waals surface area contributed by atoms with E-state index < -0.39 is 0 Å². The quantitative estimate of drug-likeness (QED) is 0.205. The minimum absolute atomic E-state index is 0.0799. The van der Waals surface area contributed by atoms with Crippen LogP contribution in [0.2, 0.25) is 0 Å². The van der Waals surface area contributed by atoms with Crippen molar-refractivity contribution in [3.8, 4) is 45.2 Å². The smallest absolute Gasteiger partial charge is 0.149 e. The molecule has 5 aromatic carbocycles. The third-order valence-electron chi connectivity index (χ3n) is 9.79. The second-order valence-corrected chi connectivity index (χ2v) is 16.6. The number of benzene rings is 5. The summed E-state index contributed by atoms with van der Waals surface area (Å²) in [6.45, 7) is 19.9. The van der Waals surface area contributed by atoms with E-state index in [-0.39, 0.29) is 22.0 Å². The van der Waals surface area contributed by atoms with E-state index in [2.05, 4.69) is 164 Å². The van der Waals surface area contributed by atoms with Crippen molar-refractivity contribution in [2.45, 2.75) is 78.6 Å². The predicted molar refractivity (Wildman–Crippen MR) is 210 cm³/mol. The Morgan fingerprint density at radius 1 is 0.580 bits per heavy atom. The van der Waals surface area contributed by atoms with Gasteiger partial charge in [0.2, 0.25) is 0 Å². The van der Waals surface area contributed by atoms with Crippen molar-refractivity contribution < 1.29 is 5.11 Å². The van der Waals surface area contributed by atoms with Gasteiger partial charge in [0, 0.05) is 28.3 Å². The Morgan fingerprint density at radius 2 is 1.24 bits per heavy atom. The van der Waals surface area contributed by atoms with E-state index in [0.717, 1.165) is 72.4 Å². The maximum atomic E-state index is 12.2. The molecule has 0 atom stereocenters. The van der Waals surface area contributed by atoms with Crippen LogP contribution in [0.5, 0.6) is 5.75 Å². The number of imidazole rings is 1. The highest BCUT2D eigenvalue weighted by Gasteiger charge is 2.29. The molecule has 50 heavy (non-hydrogen) atoms. The first-order chi connectivity index (χ1) is 23.6. The fourth-order valence-electron chi connectivity index (χ4n) is 6.87. The van der Waals surface area contributed by atoms with Crippen LogP contribution in [0.15, 0.2) is 115 Å². The van der Waals surface area contributed by atoms with Gasteiger partial charge in [0.25, 0.3) is 0 Å². The molecule has 2 heterocycles. The zero-order chi connectivity index (χ0) is 35.6. The first kappa shape index (κ1) is 33.3. The number of para-hydroxylation sites is 1. The van der Waals surface area contributed by atoms with Crippen LogP contribution in [0, 0.1) is 0 Å². The zero-order valence-corrected chi connectivity index (χ0v) is 30.8. The molecule has 252 valence electrons. The average Bonchev–Trinajstić information content (AvgIpc) is 3.46. The minimum Gasteiger partial charge on any atom is -0.507 e. The molecule has 0 aliphatic heterocycles. The number of phenols is 1. The van der Waals surface area contributed by atoms with Gasteiger partial charge in [-0.1, -0.05) is 129 Å². The van der Waals surface area contributed by atoms with Crippen LogP contribution < -0.4 is 0 Å². The molecule has 0 unspecified atom stereocenters. The molecule has 7 rings (SSSR count). The maximum Gasteiger partial charge on any atom is 0.149 e. The van der Waals surface area contributed by atoms with Crippen molar-refractivity contribution in [3.63, 3.8) is 0 Å². The monoisotopic (exact) mass is 657 g/mol. The minimum atomic E-state index is -0.281. The van der Waals surface area contributed by atoms with Crippen molar-refractivity contribution in [2.75, 3.05) is 0 Å². The van der Waals surface area contributed by atoms with Gasteiger partial charge in [-0.05, 0) is 80.8 Å². The molecule has 0 spiro atoms. The van der Waals surface area contributed by atoms with Crippen molar-refractivity contribution in [3.05, 3.63) is 132 Å². The normalized spacial score (nSPS) is 12.6. The average molecular weight is 658 g/mol. The van der Waals surface area contributed by atoms with Crippen molar-refractivity contribution in [2.24, 2.45) is 0 Å². The number of pyridine rings is 1. The molecule has 0 saturated heterocycles. The Bertz CT molecular complexity index is 2370. The van der Waals surface area contributed by atoms with Crippen LogP contribution in [0.3, 0.4) is 0 Å². The second kappa shape index (κ2) is 12.0. The number of nitrogens with zero attached hydrogens (tertiary/aromatic N) is 3. The largest absolute Gasteiger partial charge is 0.507 e. The molecule has 2 aromatic heterocycles. The van der Waals surface area contributed by atoms with E-state index in [0.29, 0.717) is 0 Å². The van der Waals surface area contributed by atoms with E-state index in [4.69, 9.17) is 9.97 Å². The van der Waals surface area contributed by atoms with Crippen LogP contribution in [0.25, 0.3) is 61.3 Å². The number of hydrogen-bond acceptors (Lipinski definition) is 3. The number of rotatable bonds is 4. The predicted octanol–water partition coefficient (Wildman–Crippen LogP) is 12.2. The molecule has 0 bridgehead atoms. The van der Waals surface area contributed by atoms with Crippen LogP contribution in [-0.4, -0.2) is 19.6 Å². The molecule has 4 heteroatoms. The van der Waals surface area contributed by atoms with E-state index in [1.165, 1.54) is 5.56 Å². The number of fused-ring (bicyclic) bond motifs is 2. The fraction of sp³-hybridized carbons (Fsp3) is 0.261. The fourth-order valence-corrected chi connectivity index (χ4v) is 6.87. The van der Waals surface area contributed by atoms with Gasteiger partial charge in [-0.3, -0.25) is 9.55 Å². The Balaban J connectivity index is 1.61. The highest BCUT2D eigenvalue weighted by molar-refractivity contribution is 5.99. The Hall–Kier alpha value is -5.22. The lowest BCUT2D eigenvalue weighted by atomic mass is 9.79. The van der Waals surface area contributed by atoms with Crippen LogP contribution >= 0.6 is 0 Å². The highest BCUT2D eigenvalue weighted by Crippen LogP contribution is 2.45. The Labute approximate surface area is 296 Å². The van der Waals surface area contributed by atoms with Gasteiger partial charge in [0.15, 0.2) is 0 Å². The summed E-state index contributed by atoms with van der Waals surface area (Å²) in [6, 6.07) is 38.5. The van der Waals surface area contributed by atoms with Crippen molar-refractivity contribution in [1.29, 1.82) is 0 Å². The van der Waals surface area contributed by atoms with Gasteiger partial charge in [-0.2, -0.15) is 0 Å². The van der Waals surface area contributed by atoms with Crippen LogP contribution in [0.1, 0.15) is 79.0 Å². The first-order valence-corrected chi connectivity index (χ1v) is 17.6. The van der Waals surface area contributed by atoms with Gasteiger partial charge >= 0.3 is 0 Å². The summed E-state index contributed by atoms with van der Waals surface area (Å²) >= 11 is 0. The number of aromatic nitrogens is 3. The third kappa shape index (κ3) is 5.98. The lowest BCUT2D eigenvalue weighted by Gasteiger charge is -2.27. The SMILES string of the molecule is CC(C)(C)c1cc(-c2ccccn2)cc(-c2cccc3c2nc(-c2cc(C(C)(C)C)cc(C(C)(C)C)c2O)n3-c2cccc3ccccc23)c1. The zero-order valence-electron chi connectivity index (χ0n) is 30.8. The molecular weight excluding hydrogens is 611 g/mol. The molecule has 1 N–H and O–H groups in total. The Morgan fingerprint density at radius 3 is 1.94 bits per heavy atom. The molecular formula is C46H47N3O. The molecule has 4 nitrogen and oxygen atoms in total. The van der Waals surface area contributed by atoms with E-state index in [9.17, 15) is 5.11 Å². The van der Waals surface area contributed by atoms with E-state index in [1.807, 2.05) is 18.3 Å². The summed E-state index contributed by atoms with van der Waals surface area (Å²) < 4.78 is 2.25.